The van der Waals surface area contributed by atoms with Crippen LogP contribution in [0.3, 0.4) is 0 Å². The molecule has 0 radical (unpaired) electrons. The van der Waals surface area contributed by atoms with E-state index in [4.69, 9.17) is 19.0 Å². The highest BCUT2D eigenvalue weighted by Crippen LogP contribution is 2.20. The van der Waals surface area contributed by atoms with Crippen LogP contribution in [-0.4, -0.2) is 40.9 Å². The molecule has 0 amide bonds. The Morgan fingerprint density at radius 1 is 1.35 bits per heavy atom. The fourth-order valence-electron chi connectivity index (χ4n) is 1.43. The first kappa shape index (κ1) is 16.4. The van der Waals surface area contributed by atoms with Crippen molar-refractivity contribution in [2.45, 2.75) is 39.5 Å². The molecule has 6 nitrogen and oxygen atoms in total. The summed E-state index contributed by atoms with van der Waals surface area (Å²) in [6, 6.07) is 0.629. The van der Waals surface area contributed by atoms with Gasteiger partial charge in [0.2, 0.25) is 6.08 Å². The van der Waals surface area contributed by atoms with Crippen LogP contribution in [0, 0.1) is 0 Å². The fourth-order valence-corrected chi connectivity index (χ4v) is 4.15. The van der Waals surface area contributed by atoms with Crippen molar-refractivity contribution in [3.63, 3.8) is 0 Å². The highest BCUT2D eigenvalue weighted by Gasteiger charge is 2.41. The minimum absolute atomic E-state index is 0.494. The minimum Gasteiger partial charge on any atom is -0.374 e. The topological polar surface area (TPSA) is 83.1 Å². The van der Waals surface area contributed by atoms with Crippen molar-refractivity contribution in [1.82, 2.24) is 0 Å². The van der Waals surface area contributed by atoms with E-state index in [0.717, 1.165) is 6.42 Å². The van der Waals surface area contributed by atoms with Gasteiger partial charge in [-0.1, -0.05) is 0 Å². The number of aliphatic imine (C=N–C) groups is 1. The Kier molecular flexibility index (Phi) is 9.15. The summed E-state index contributed by atoms with van der Waals surface area (Å²) in [5, 5.41) is 0. The molecule has 1 unspecified atom stereocenters. The van der Waals surface area contributed by atoms with E-state index in [1.807, 2.05) is 13.8 Å². The van der Waals surface area contributed by atoms with Gasteiger partial charge < -0.3 is 19.0 Å². The van der Waals surface area contributed by atoms with Crippen molar-refractivity contribution in [2.75, 3.05) is 19.8 Å². The molecule has 2 N–H and O–H groups in total. The lowest BCUT2D eigenvalue weighted by atomic mass is 10.5. The number of hydrogen-bond acceptors (Lipinski definition) is 6. The number of carbonyl (C=O) groups excluding carboxylic acids is 1. The van der Waals surface area contributed by atoms with Gasteiger partial charge in [-0.15, -0.1) is 0 Å². The molecule has 0 aromatic heterocycles. The van der Waals surface area contributed by atoms with Crippen molar-refractivity contribution in [2.24, 2.45) is 10.7 Å². The summed E-state index contributed by atoms with van der Waals surface area (Å²) >= 11 is 0. The monoisotopic (exact) mass is 262 g/mol. The van der Waals surface area contributed by atoms with Crippen LogP contribution in [0.5, 0.6) is 0 Å². The number of nitrogens with zero attached hydrogens (tertiary/aromatic N) is 1. The lowest BCUT2D eigenvalue weighted by Gasteiger charge is -2.30. The van der Waals surface area contributed by atoms with Gasteiger partial charge in [0.25, 0.3) is 0 Å². The summed E-state index contributed by atoms with van der Waals surface area (Å²) in [6.07, 6.45) is 1.62. The largest absolute Gasteiger partial charge is 0.502 e. The molecule has 0 spiro atoms. The summed E-state index contributed by atoms with van der Waals surface area (Å²) in [4.78, 5) is 13.7. The van der Waals surface area contributed by atoms with Gasteiger partial charge in [-0.3, -0.25) is 0 Å². The van der Waals surface area contributed by atoms with Crippen LogP contribution in [0.25, 0.3) is 0 Å². The first-order chi connectivity index (χ1) is 8.14. The number of hydrogen-bond donors (Lipinski definition) is 1. The summed E-state index contributed by atoms with van der Waals surface area (Å²) in [5.41, 5.74) is 5.49. The summed E-state index contributed by atoms with van der Waals surface area (Å²) < 4.78 is 16.9. The minimum atomic E-state index is -2.77. The molecule has 0 bridgehead atoms. The van der Waals surface area contributed by atoms with Gasteiger partial charge in [0.1, 0.15) is 0 Å². The lowest BCUT2D eigenvalue weighted by molar-refractivity contribution is 0.0410. The quantitative estimate of drug-likeness (QED) is 0.361. The normalized spacial score (nSPS) is 13.2. The highest BCUT2D eigenvalue weighted by atomic mass is 28.4. The van der Waals surface area contributed by atoms with Gasteiger partial charge in [-0.05, 0) is 33.7 Å². The summed E-state index contributed by atoms with van der Waals surface area (Å²) in [5.74, 6) is 0. The first-order valence-corrected chi connectivity index (χ1v) is 7.80. The second-order valence-corrected chi connectivity index (χ2v) is 6.06. The Labute approximate surface area is 104 Å². The third-order valence-electron chi connectivity index (χ3n) is 2.00. The van der Waals surface area contributed by atoms with Crippen molar-refractivity contribution < 1.29 is 18.1 Å². The number of isocyanates is 1. The maximum Gasteiger partial charge on any atom is 0.502 e. The second kappa shape index (κ2) is 9.47. The molecule has 0 aliphatic heterocycles. The van der Waals surface area contributed by atoms with Crippen LogP contribution in [-0.2, 0) is 18.1 Å². The Balaban J connectivity index is 4.67. The molecule has 0 fully saturated rings. The molecule has 0 saturated carbocycles. The molecule has 0 aliphatic carbocycles. The fraction of sp³-hybridized carbons (Fsp3) is 0.900. The van der Waals surface area contributed by atoms with Crippen molar-refractivity contribution >= 4 is 14.9 Å². The Morgan fingerprint density at radius 3 is 2.35 bits per heavy atom. The average Bonchev–Trinajstić information content (AvgIpc) is 2.27. The van der Waals surface area contributed by atoms with E-state index in [9.17, 15) is 4.79 Å². The summed E-state index contributed by atoms with van der Waals surface area (Å²) in [6.45, 7) is 6.94. The molecule has 1 atom stereocenters. The highest BCUT2D eigenvalue weighted by molar-refractivity contribution is 6.60. The molecular formula is C10H22N2O4Si. The van der Waals surface area contributed by atoms with Gasteiger partial charge in [0.15, 0.2) is 6.23 Å². The molecule has 0 saturated heterocycles. The van der Waals surface area contributed by atoms with E-state index in [1.54, 1.807) is 6.92 Å². The van der Waals surface area contributed by atoms with Crippen LogP contribution >= 0.6 is 0 Å². The van der Waals surface area contributed by atoms with E-state index in [0.29, 0.717) is 25.8 Å². The predicted octanol–water partition coefficient (Wildman–Crippen LogP) is 1.05. The third kappa shape index (κ3) is 6.67. The molecule has 100 valence electrons. The standard InChI is InChI=1S/C10H22N2O4Si/c1-4-14-17(15-5-2,8-6-7-11)16-10(3)12-9-13/h10H,4-8,11H2,1-3H3. The van der Waals surface area contributed by atoms with E-state index in [-0.39, 0.29) is 0 Å². The average molecular weight is 262 g/mol. The van der Waals surface area contributed by atoms with Crippen LogP contribution in [0.4, 0.5) is 0 Å². The Hall–Kier alpha value is -0.563. The molecule has 0 aromatic rings. The maximum atomic E-state index is 10.2. The van der Waals surface area contributed by atoms with Gasteiger partial charge in [0.05, 0.1) is 0 Å². The van der Waals surface area contributed by atoms with E-state index < -0.39 is 15.0 Å². The maximum absolute atomic E-state index is 10.2. The Bertz CT molecular complexity index is 240. The second-order valence-electron chi connectivity index (χ2n) is 3.38. The third-order valence-corrected chi connectivity index (χ3v) is 5.12. The van der Waals surface area contributed by atoms with Crippen LogP contribution in [0.15, 0.2) is 4.99 Å². The van der Waals surface area contributed by atoms with E-state index in [1.165, 1.54) is 6.08 Å². The zero-order valence-corrected chi connectivity index (χ0v) is 11.8. The van der Waals surface area contributed by atoms with Gasteiger partial charge in [0, 0.05) is 19.3 Å². The zero-order chi connectivity index (χ0) is 13.1. The molecule has 7 heteroatoms. The van der Waals surface area contributed by atoms with Gasteiger partial charge in [-0.25, -0.2) is 4.79 Å². The molecule has 0 rings (SSSR count). The van der Waals surface area contributed by atoms with Crippen molar-refractivity contribution in [3.05, 3.63) is 0 Å². The zero-order valence-electron chi connectivity index (χ0n) is 10.8. The molecule has 17 heavy (non-hydrogen) atoms. The number of nitrogens with two attached hydrogens (primary N) is 1. The van der Waals surface area contributed by atoms with Crippen molar-refractivity contribution in [3.8, 4) is 0 Å². The molecular weight excluding hydrogens is 240 g/mol. The number of rotatable bonds is 10. The molecule has 0 heterocycles. The smallest absolute Gasteiger partial charge is 0.374 e. The van der Waals surface area contributed by atoms with E-state index in [2.05, 4.69) is 4.99 Å². The van der Waals surface area contributed by atoms with Gasteiger partial charge in [-0.2, -0.15) is 4.99 Å². The SMILES string of the molecule is CCO[Si](CCCN)(OCC)OC(C)N=C=O. The summed E-state index contributed by atoms with van der Waals surface area (Å²) in [7, 11) is -2.77. The van der Waals surface area contributed by atoms with Crippen LogP contribution in [0.1, 0.15) is 27.2 Å². The molecule has 0 aromatic carbocycles. The first-order valence-electron chi connectivity index (χ1n) is 5.86. The lowest BCUT2D eigenvalue weighted by Crippen LogP contribution is -2.48. The van der Waals surface area contributed by atoms with Gasteiger partial charge >= 0.3 is 8.80 Å². The van der Waals surface area contributed by atoms with E-state index >= 15 is 0 Å². The Morgan fingerprint density at radius 2 is 1.94 bits per heavy atom. The predicted molar refractivity (Wildman–Crippen MR) is 66.2 cm³/mol. The van der Waals surface area contributed by atoms with Crippen LogP contribution < -0.4 is 5.73 Å². The van der Waals surface area contributed by atoms with Crippen molar-refractivity contribution in [1.29, 1.82) is 0 Å². The molecule has 0 aliphatic rings. The van der Waals surface area contributed by atoms with Crippen LogP contribution in [0.2, 0.25) is 6.04 Å².